The normalized spacial score (nSPS) is 31.8. The number of hydrogen-bond donors (Lipinski definition) is 2. The lowest BCUT2D eigenvalue weighted by atomic mass is 9.86. The van der Waals surface area contributed by atoms with Crippen molar-refractivity contribution in [1.29, 1.82) is 0 Å². The number of hydrogen-bond acceptors (Lipinski definition) is 3. The third-order valence-electron chi connectivity index (χ3n) is 3.62. The van der Waals surface area contributed by atoms with Gasteiger partial charge in [0.15, 0.2) is 5.82 Å². The predicted octanol–water partition coefficient (Wildman–Crippen LogP) is 1.67. The highest BCUT2D eigenvalue weighted by molar-refractivity contribution is 5.08. The van der Waals surface area contributed by atoms with Gasteiger partial charge in [-0.05, 0) is 38.5 Å². The number of rotatable bonds is 2. The molecular weight excluding hydrogens is 188 g/mol. The van der Waals surface area contributed by atoms with Crippen LogP contribution in [0.5, 0.6) is 0 Å². The average Bonchev–Trinajstić information content (AvgIpc) is 2.99. The summed E-state index contributed by atoms with van der Waals surface area (Å²) in [6.45, 7) is 0. The van der Waals surface area contributed by atoms with Crippen LogP contribution in [0.3, 0.4) is 0 Å². The van der Waals surface area contributed by atoms with Gasteiger partial charge in [-0.15, -0.1) is 0 Å². The van der Waals surface area contributed by atoms with E-state index in [-0.39, 0.29) is 0 Å². The maximum absolute atomic E-state index is 5.89. The van der Waals surface area contributed by atoms with Gasteiger partial charge in [0.25, 0.3) is 0 Å². The molecule has 15 heavy (non-hydrogen) atoms. The summed E-state index contributed by atoms with van der Waals surface area (Å²) in [5.41, 5.74) is 5.89. The first-order valence-electron chi connectivity index (χ1n) is 6.00. The van der Waals surface area contributed by atoms with E-state index in [2.05, 4.69) is 15.2 Å². The minimum Gasteiger partial charge on any atom is -0.328 e. The van der Waals surface area contributed by atoms with Crippen molar-refractivity contribution in [3.63, 3.8) is 0 Å². The van der Waals surface area contributed by atoms with Gasteiger partial charge < -0.3 is 5.73 Å². The Morgan fingerprint density at radius 3 is 2.33 bits per heavy atom. The Labute approximate surface area is 89.7 Å². The molecule has 3 N–H and O–H groups in total. The zero-order chi connectivity index (χ0) is 10.3. The molecule has 82 valence electrons. The molecule has 1 heterocycles. The highest BCUT2D eigenvalue weighted by Crippen LogP contribution is 2.39. The van der Waals surface area contributed by atoms with Gasteiger partial charge in [0.1, 0.15) is 5.82 Å². The lowest BCUT2D eigenvalue weighted by molar-refractivity contribution is 0.385. The van der Waals surface area contributed by atoms with Crippen molar-refractivity contribution in [2.24, 2.45) is 5.73 Å². The van der Waals surface area contributed by atoms with Gasteiger partial charge >= 0.3 is 0 Å². The van der Waals surface area contributed by atoms with Crippen LogP contribution < -0.4 is 5.73 Å². The smallest absolute Gasteiger partial charge is 0.153 e. The number of nitrogens with zero attached hydrogens (tertiary/aromatic N) is 2. The molecule has 2 aliphatic rings. The van der Waals surface area contributed by atoms with E-state index in [4.69, 9.17) is 5.73 Å². The third kappa shape index (κ3) is 1.91. The van der Waals surface area contributed by atoms with Crippen LogP contribution in [0.4, 0.5) is 0 Å². The van der Waals surface area contributed by atoms with Crippen LogP contribution >= 0.6 is 0 Å². The molecule has 2 saturated carbocycles. The third-order valence-corrected chi connectivity index (χ3v) is 3.62. The van der Waals surface area contributed by atoms with Gasteiger partial charge in [-0.3, -0.25) is 5.10 Å². The molecule has 3 rings (SSSR count). The molecule has 0 amide bonds. The van der Waals surface area contributed by atoms with Gasteiger partial charge in [0.05, 0.1) is 0 Å². The highest BCUT2D eigenvalue weighted by atomic mass is 15.2. The summed E-state index contributed by atoms with van der Waals surface area (Å²) in [5.74, 6) is 3.37. The first-order valence-corrected chi connectivity index (χ1v) is 6.00. The van der Waals surface area contributed by atoms with E-state index in [1.165, 1.54) is 25.7 Å². The molecule has 0 spiro atoms. The average molecular weight is 206 g/mol. The van der Waals surface area contributed by atoms with Gasteiger partial charge in [0, 0.05) is 17.9 Å². The van der Waals surface area contributed by atoms with Crippen LogP contribution in [0.2, 0.25) is 0 Å². The molecule has 1 aromatic rings. The SMILES string of the molecule is NC1CCC(c2nc(C3CC3)n[nH]2)CC1. The second-order valence-corrected chi connectivity index (χ2v) is 4.96. The number of nitrogens with two attached hydrogens (primary N) is 1. The lowest BCUT2D eigenvalue weighted by Gasteiger charge is -2.23. The molecule has 0 unspecified atom stereocenters. The van der Waals surface area contributed by atoms with E-state index in [9.17, 15) is 0 Å². The van der Waals surface area contributed by atoms with Gasteiger partial charge in [-0.25, -0.2) is 4.98 Å². The number of H-pyrrole nitrogens is 1. The Balaban J connectivity index is 1.69. The van der Waals surface area contributed by atoms with E-state index in [1.54, 1.807) is 0 Å². The van der Waals surface area contributed by atoms with Crippen LogP contribution in [-0.4, -0.2) is 21.2 Å². The van der Waals surface area contributed by atoms with Crippen molar-refractivity contribution in [1.82, 2.24) is 15.2 Å². The molecular formula is C11H18N4. The fraction of sp³-hybridized carbons (Fsp3) is 0.818. The minimum atomic E-state index is 0.409. The van der Waals surface area contributed by atoms with Crippen molar-refractivity contribution in [2.75, 3.05) is 0 Å². The Bertz CT molecular complexity index is 334. The van der Waals surface area contributed by atoms with Crippen molar-refractivity contribution in [2.45, 2.75) is 56.4 Å². The lowest BCUT2D eigenvalue weighted by Crippen LogP contribution is -2.26. The summed E-state index contributed by atoms with van der Waals surface area (Å²) in [5, 5.41) is 7.41. The van der Waals surface area contributed by atoms with Crippen LogP contribution in [0, 0.1) is 0 Å². The summed E-state index contributed by atoms with van der Waals surface area (Å²) in [6, 6.07) is 0.409. The highest BCUT2D eigenvalue weighted by Gasteiger charge is 2.29. The quantitative estimate of drug-likeness (QED) is 0.773. The number of nitrogens with one attached hydrogen (secondary N) is 1. The van der Waals surface area contributed by atoms with Crippen LogP contribution in [0.15, 0.2) is 0 Å². The summed E-state index contributed by atoms with van der Waals surface area (Å²) in [4.78, 5) is 4.61. The molecule has 0 bridgehead atoms. The van der Waals surface area contributed by atoms with E-state index in [1.807, 2.05) is 0 Å². The number of aromatic nitrogens is 3. The van der Waals surface area contributed by atoms with Crippen LogP contribution in [-0.2, 0) is 0 Å². The zero-order valence-electron chi connectivity index (χ0n) is 8.95. The number of aromatic amines is 1. The van der Waals surface area contributed by atoms with E-state index >= 15 is 0 Å². The van der Waals surface area contributed by atoms with Crippen molar-refractivity contribution < 1.29 is 0 Å². The van der Waals surface area contributed by atoms with E-state index < -0.39 is 0 Å². The molecule has 0 radical (unpaired) electrons. The zero-order valence-corrected chi connectivity index (χ0v) is 8.95. The Kier molecular flexibility index (Phi) is 2.24. The molecule has 0 aliphatic heterocycles. The second-order valence-electron chi connectivity index (χ2n) is 4.96. The van der Waals surface area contributed by atoms with E-state index in [0.717, 1.165) is 24.5 Å². The first-order chi connectivity index (χ1) is 7.33. The van der Waals surface area contributed by atoms with Crippen molar-refractivity contribution in [3.05, 3.63) is 11.6 Å². The van der Waals surface area contributed by atoms with Gasteiger partial charge in [0.2, 0.25) is 0 Å². The van der Waals surface area contributed by atoms with Crippen LogP contribution in [0.25, 0.3) is 0 Å². The van der Waals surface area contributed by atoms with Gasteiger partial charge in [-0.2, -0.15) is 5.10 Å². The second kappa shape index (κ2) is 3.59. The van der Waals surface area contributed by atoms with Gasteiger partial charge in [-0.1, -0.05) is 0 Å². The van der Waals surface area contributed by atoms with Crippen molar-refractivity contribution in [3.8, 4) is 0 Å². The molecule has 2 fully saturated rings. The maximum atomic E-state index is 5.89. The standard InChI is InChI=1S/C11H18N4/c12-9-5-3-8(4-6-9)11-13-10(14-15-11)7-1-2-7/h7-9H,1-6,12H2,(H,13,14,15). The summed E-state index contributed by atoms with van der Waals surface area (Å²) < 4.78 is 0. The monoisotopic (exact) mass is 206 g/mol. The summed E-state index contributed by atoms with van der Waals surface area (Å²) in [7, 11) is 0. The largest absolute Gasteiger partial charge is 0.328 e. The Hall–Kier alpha value is -0.900. The minimum absolute atomic E-state index is 0.409. The van der Waals surface area contributed by atoms with E-state index in [0.29, 0.717) is 17.9 Å². The fourth-order valence-corrected chi connectivity index (χ4v) is 2.39. The van der Waals surface area contributed by atoms with Crippen LogP contribution in [0.1, 0.15) is 62.0 Å². The molecule has 1 aromatic heterocycles. The topological polar surface area (TPSA) is 67.6 Å². The molecule has 4 heteroatoms. The predicted molar refractivity (Wildman–Crippen MR) is 57.5 cm³/mol. The molecule has 0 saturated heterocycles. The maximum Gasteiger partial charge on any atom is 0.153 e. The molecule has 2 aliphatic carbocycles. The molecule has 0 atom stereocenters. The summed E-state index contributed by atoms with van der Waals surface area (Å²) in [6.07, 6.45) is 7.13. The fourth-order valence-electron chi connectivity index (χ4n) is 2.39. The molecule has 0 aromatic carbocycles. The Morgan fingerprint density at radius 1 is 1.00 bits per heavy atom. The summed E-state index contributed by atoms with van der Waals surface area (Å²) >= 11 is 0. The molecule has 4 nitrogen and oxygen atoms in total. The first kappa shape index (κ1) is 9.33. The Morgan fingerprint density at radius 2 is 1.67 bits per heavy atom. The van der Waals surface area contributed by atoms with Crippen molar-refractivity contribution >= 4 is 0 Å².